The van der Waals surface area contributed by atoms with Crippen molar-refractivity contribution < 1.29 is 9.32 Å². The molecule has 0 bridgehead atoms. The topological polar surface area (TPSA) is 85.0 Å². The molecule has 4 rings (SSSR count). The van der Waals surface area contributed by atoms with Crippen LogP contribution in [0.15, 0.2) is 23.1 Å². The summed E-state index contributed by atoms with van der Waals surface area (Å²) in [5.74, 6) is 1.05. The number of nitrogens with zero attached hydrogens (tertiary/aromatic N) is 5. The van der Waals surface area contributed by atoms with Crippen molar-refractivity contribution in [1.82, 2.24) is 25.0 Å². The maximum absolute atomic E-state index is 12.8. The highest BCUT2D eigenvalue weighted by atomic mass is 32.1. The van der Waals surface area contributed by atoms with Crippen molar-refractivity contribution >= 4 is 17.2 Å². The minimum atomic E-state index is 0.0883. The summed E-state index contributed by atoms with van der Waals surface area (Å²) in [5, 5.41) is 4.90. The van der Waals surface area contributed by atoms with Crippen LogP contribution >= 0.6 is 11.3 Å². The first-order chi connectivity index (χ1) is 13.0. The molecule has 0 aromatic carbocycles. The highest BCUT2D eigenvalue weighted by Crippen LogP contribution is 2.34. The van der Waals surface area contributed by atoms with E-state index in [0.29, 0.717) is 18.8 Å². The average Bonchev–Trinajstić information content (AvgIpc) is 3.26. The molecule has 27 heavy (non-hydrogen) atoms. The zero-order chi connectivity index (χ0) is 19.0. The predicted molar refractivity (Wildman–Crippen MR) is 102 cm³/mol. The fourth-order valence-corrected chi connectivity index (χ4v) is 4.46. The summed E-state index contributed by atoms with van der Waals surface area (Å²) in [6.07, 6.45) is 5.08. The lowest BCUT2D eigenvalue weighted by Gasteiger charge is -2.32. The lowest BCUT2D eigenvalue weighted by molar-refractivity contribution is 0.0716. The molecule has 3 aromatic rings. The van der Waals surface area contributed by atoms with Gasteiger partial charge in [-0.2, -0.15) is 0 Å². The summed E-state index contributed by atoms with van der Waals surface area (Å²) in [5.41, 5.74) is 3.51. The second kappa shape index (κ2) is 7.19. The van der Waals surface area contributed by atoms with E-state index in [-0.39, 0.29) is 11.8 Å². The van der Waals surface area contributed by atoms with E-state index >= 15 is 0 Å². The smallest absolute Gasteiger partial charge is 0.265 e. The Kier molecular flexibility index (Phi) is 4.73. The third-order valence-electron chi connectivity index (χ3n) is 4.90. The zero-order valence-corrected chi connectivity index (χ0v) is 16.4. The van der Waals surface area contributed by atoms with E-state index in [1.165, 1.54) is 11.3 Å². The lowest BCUT2D eigenvalue weighted by Crippen LogP contribution is -2.38. The van der Waals surface area contributed by atoms with Crippen LogP contribution < -0.4 is 0 Å². The number of aromatic nitrogens is 4. The Labute approximate surface area is 161 Å². The normalized spacial score (nSPS) is 15.3. The van der Waals surface area contributed by atoms with Gasteiger partial charge in [-0.3, -0.25) is 4.79 Å². The quantitative estimate of drug-likeness (QED) is 0.688. The fraction of sp³-hybridized carbons (Fsp3) is 0.421. The number of carbonyl (C=O) groups is 1. The molecule has 1 aliphatic heterocycles. The molecule has 1 saturated heterocycles. The number of amides is 1. The molecule has 0 unspecified atom stereocenters. The summed E-state index contributed by atoms with van der Waals surface area (Å²) >= 11 is 1.47. The van der Waals surface area contributed by atoms with Crippen LogP contribution in [0.1, 0.15) is 50.5 Å². The molecule has 0 radical (unpaired) electrons. The standard InChI is InChI=1S/C19H21N5O2S/c1-11-8-16(26-23-11)15-9-20-10-21-17(15)14-4-6-24(7-5-14)19(25)18-12(2)22-13(3)27-18/h8-10,14H,4-7H2,1-3H3. The average molecular weight is 383 g/mol. The number of rotatable bonds is 3. The first-order valence-corrected chi connectivity index (χ1v) is 9.81. The summed E-state index contributed by atoms with van der Waals surface area (Å²) in [6, 6.07) is 1.90. The largest absolute Gasteiger partial charge is 0.356 e. The molecule has 0 spiro atoms. The van der Waals surface area contributed by atoms with E-state index in [0.717, 1.165) is 45.4 Å². The third-order valence-corrected chi connectivity index (χ3v) is 5.96. The molecule has 1 aliphatic rings. The Hall–Kier alpha value is -2.61. The van der Waals surface area contributed by atoms with Gasteiger partial charge in [-0.05, 0) is 33.6 Å². The second-order valence-corrected chi connectivity index (χ2v) is 8.07. The molecule has 0 N–H and O–H groups in total. The van der Waals surface area contributed by atoms with Gasteiger partial charge >= 0.3 is 0 Å². The molecule has 7 nitrogen and oxygen atoms in total. The van der Waals surface area contributed by atoms with Gasteiger partial charge < -0.3 is 9.42 Å². The van der Waals surface area contributed by atoms with Gasteiger partial charge in [-0.1, -0.05) is 5.16 Å². The van der Waals surface area contributed by atoms with E-state index in [1.54, 1.807) is 12.5 Å². The number of hydrogen-bond acceptors (Lipinski definition) is 7. The van der Waals surface area contributed by atoms with Crippen LogP contribution in [0.5, 0.6) is 0 Å². The van der Waals surface area contributed by atoms with Gasteiger partial charge in [0, 0.05) is 31.3 Å². The van der Waals surface area contributed by atoms with Crippen LogP contribution in [0.25, 0.3) is 11.3 Å². The van der Waals surface area contributed by atoms with Gasteiger partial charge in [-0.15, -0.1) is 11.3 Å². The summed E-state index contributed by atoms with van der Waals surface area (Å²) in [7, 11) is 0. The fourth-order valence-electron chi connectivity index (χ4n) is 3.57. The minimum Gasteiger partial charge on any atom is -0.356 e. The molecule has 4 heterocycles. The summed E-state index contributed by atoms with van der Waals surface area (Å²) < 4.78 is 5.41. The maximum Gasteiger partial charge on any atom is 0.265 e. The SMILES string of the molecule is Cc1cc(-c2cncnc2C2CCN(C(=O)c3sc(C)nc3C)CC2)on1. The van der Waals surface area contributed by atoms with Crippen molar-refractivity contribution in [3.05, 3.63) is 45.6 Å². The zero-order valence-electron chi connectivity index (χ0n) is 15.6. The van der Waals surface area contributed by atoms with Crippen LogP contribution in [0, 0.1) is 20.8 Å². The third kappa shape index (κ3) is 3.49. The summed E-state index contributed by atoms with van der Waals surface area (Å²) in [6.45, 7) is 7.14. The molecular formula is C19H21N5O2S. The minimum absolute atomic E-state index is 0.0883. The van der Waals surface area contributed by atoms with Gasteiger partial charge in [0.25, 0.3) is 5.91 Å². The van der Waals surface area contributed by atoms with Crippen molar-refractivity contribution in [2.24, 2.45) is 0 Å². The molecule has 1 amide bonds. The first kappa shape index (κ1) is 17.8. The van der Waals surface area contributed by atoms with E-state index in [1.807, 2.05) is 31.7 Å². The second-order valence-electron chi connectivity index (χ2n) is 6.87. The number of carbonyl (C=O) groups excluding carboxylic acids is 1. The van der Waals surface area contributed by atoms with Crippen molar-refractivity contribution in [3.8, 4) is 11.3 Å². The predicted octanol–water partition coefficient (Wildman–Crippen LogP) is 3.53. The van der Waals surface area contributed by atoms with Gasteiger partial charge in [0.05, 0.1) is 27.7 Å². The first-order valence-electron chi connectivity index (χ1n) is 9.00. The lowest BCUT2D eigenvalue weighted by atomic mass is 9.90. The Morgan fingerprint density at radius 2 is 2.04 bits per heavy atom. The van der Waals surface area contributed by atoms with Crippen LogP contribution in [0.3, 0.4) is 0 Å². The molecule has 0 aliphatic carbocycles. The van der Waals surface area contributed by atoms with Crippen LogP contribution in [-0.2, 0) is 0 Å². The van der Waals surface area contributed by atoms with Crippen LogP contribution in [0.2, 0.25) is 0 Å². The highest BCUT2D eigenvalue weighted by molar-refractivity contribution is 7.13. The van der Waals surface area contributed by atoms with E-state index < -0.39 is 0 Å². The Bertz CT molecular complexity index is 972. The van der Waals surface area contributed by atoms with Gasteiger partial charge in [-0.25, -0.2) is 15.0 Å². The number of likely N-dealkylation sites (tertiary alicyclic amines) is 1. The highest BCUT2D eigenvalue weighted by Gasteiger charge is 2.29. The Balaban J connectivity index is 1.50. The molecular weight excluding hydrogens is 362 g/mol. The number of piperidine rings is 1. The van der Waals surface area contributed by atoms with Crippen LogP contribution in [0.4, 0.5) is 0 Å². The number of thiazole rings is 1. The van der Waals surface area contributed by atoms with Crippen molar-refractivity contribution in [2.45, 2.75) is 39.5 Å². The molecule has 140 valence electrons. The molecule has 8 heteroatoms. The molecule has 1 fully saturated rings. The molecule has 0 atom stereocenters. The number of aryl methyl sites for hydroxylation is 3. The van der Waals surface area contributed by atoms with E-state index in [2.05, 4.69) is 20.1 Å². The Morgan fingerprint density at radius 3 is 2.67 bits per heavy atom. The van der Waals surface area contributed by atoms with Crippen molar-refractivity contribution in [1.29, 1.82) is 0 Å². The molecule has 0 saturated carbocycles. The van der Waals surface area contributed by atoms with E-state index in [4.69, 9.17) is 4.52 Å². The summed E-state index contributed by atoms with van der Waals surface area (Å²) in [4.78, 5) is 28.5. The Morgan fingerprint density at radius 1 is 1.26 bits per heavy atom. The van der Waals surface area contributed by atoms with E-state index in [9.17, 15) is 4.79 Å². The van der Waals surface area contributed by atoms with Crippen molar-refractivity contribution in [2.75, 3.05) is 13.1 Å². The van der Waals surface area contributed by atoms with Gasteiger partial charge in [0.1, 0.15) is 11.2 Å². The van der Waals surface area contributed by atoms with Gasteiger partial charge in [0.2, 0.25) is 0 Å². The maximum atomic E-state index is 12.8. The number of hydrogen-bond donors (Lipinski definition) is 0. The monoisotopic (exact) mass is 383 g/mol. The molecule has 3 aromatic heterocycles. The van der Waals surface area contributed by atoms with Crippen LogP contribution in [-0.4, -0.2) is 44.0 Å². The van der Waals surface area contributed by atoms with Crippen molar-refractivity contribution in [3.63, 3.8) is 0 Å². The van der Waals surface area contributed by atoms with Gasteiger partial charge in [0.15, 0.2) is 5.76 Å².